The Labute approximate surface area is 99.1 Å². The van der Waals surface area contributed by atoms with Gasteiger partial charge >= 0.3 is 29.6 Å². The minimum atomic E-state index is -1.57. The molecule has 0 spiro atoms. The molecule has 0 bridgehead atoms. The van der Waals surface area contributed by atoms with E-state index in [1.165, 1.54) is 19.3 Å². The Hall–Kier alpha value is 1.11. The van der Waals surface area contributed by atoms with E-state index in [4.69, 9.17) is 4.55 Å². The fourth-order valence-electron chi connectivity index (χ4n) is 1.62. The second-order valence-electron chi connectivity index (χ2n) is 3.24. The van der Waals surface area contributed by atoms with Crippen LogP contribution >= 0.6 is 0 Å². The molecule has 1 rings (SSSR count). The van der Waals surface area contributed by atoms with Gasteiger partial charge in [0.1, 0.15) is 0 Å². The molecule has 0 aromatic carbocycles. The van der Waals surface area contributed by atoms with E-state index in [0.717, 1.165) is 25.7 Å². The summed E-state index contributed by atoms with van der Waals surface area (Å²) in [7, 11) is 0. The number of rotatable bonds is 1. The summed E-state index contributed by atoms with van der Waals surface area (Å²) in [5, 5.41) is 0.0651. The van der Waals surface area contributed by atoms with Crippen molar-refractivity contribution in [1.29, 1.82) is 0 Å². The Morgan fingerprint density at radius 1 is 1.00 bits per heavy atom. The third-order valence-corrected chi connectivity index (χ3v) is 3.38. The van der Waals surface area contributed by atoms with Crippen molar-refractivity contribution in [1.82, 2.24) is 0 Å². The Bertz CT molecular complexity index is 133. The van der Waals surface area contributed by atoms with Crippen LogP contribution < -0.4 is 0 Å². The van der Waals surface area contributed by atoms with Crippen LogP contribution in [0.5, 0.6) is 0 Å². The summed E-state index contributed by atoms with van der Waals surface area (Å²) < 4.78 is 19.6. The predicted molar refractivity (Wildman–Crippen MR) is 54.0 cm³/mol. The van der Waals surface area contributed by atoms with Crippen LogP contribution in [0.25, 0.3) is 0 Å². The van der Waals surface area contributed by atoms with E-state index in [1.54, 1.807) is 0 Å². The molecule has 0 aromatic heterocycles. The molecule has 1 saturated carbocycles. The van der Waals surface area contributed by atoms with E-state index in [1.807, 2.05) is 0 Å². The zero-order chi connectivity index (χ0) is 8.10. The molecule has 0 saturated heterocycles. The van der Waals surface area contributed by atoms with Crippen LogP contribution in [0, 0.1) is 0 Å². The SMILES string of the molecule is O=S(O)C1CCCCCCC1.[NaH]. The molecule has 0 amide bonds. The van der Waals surface area contributed by atoms with Crippen LogP contribution in [0.2, 0.25) is 0 Å². The van der Waals surface area contributed by atoms with Crippen molar-refractivity contribution >= 4 is 40.6 Å². The monoisotopic (exact) mass is 200 g/mol. The fourth-order valence-corrected chi connectivity index (χ4v) is 2.36. The van der Waals surface area contributed by atoms with E-state index >= 15 is 0 Å². The van der Waals surface area contributed by atoms with Gasteiger partial charge in [0.2, 0.25) is 0 Å². The van der Waals surface area contributed by atoms with E-state index in [0.29, 0.717) is 0 Å². The van der Waals surface area contributed by atoms with Crippen molar-refractivity contribution in [3.8, 4) is 0 Å². The molecule has 1 N–H and O–H groups in total. The van der Waals surface area contributed by atoms with Gasteiger partial charge in [0, 0.05) is 0 Å². The van der Waals surface area contributed by atoms with E-state index in [2.05, 4.69) is 0 Å². The van der Waals surface area contributed by atoms with Crippen molar-refractivity contribution in [2.45, 2.75) is 50.2 Å². The molecule has 4 heteroatoms. The predicted octanol–water partition coefficient (Wildman–Crippen LogP) is 1.67. The Kier molecular flexibility index (Phi) is 8.20. The van der Waals surface area contributed by atoms with Crippen LogP contribution in [0.15, 0.2) is 0 Å². The van der Waals surface area contributed by atoms with Gasteiger partial charge in [-0.1, -0.05) is 32.1 Å². The van der Waals surface area contributed by atoms with Gasteiger partial charge < -0.3 is 4.55 Å². The van der Waals surface area contributed by atoms with Crippen molar-refractivity contribution in [2.24, 2.45) is 0 Å². The molecular formula is C8H17NaO2S. The Morgan fingerprint density at radius 3 is 1.83 bits per heavy atom. The van der Waals surface area contributed by atoms with Crippen LogP contribution in [0.3, 0.4) is 0 Å². The molecule has 1 aliphatic carbocycles. The molecular weight excluding hydrogens is 183 g/mol. The molecule has 1 unspecified atom stereocenters. The maximum absolute atomic E-state index is 10.7. The molecule has 0 heterocycles. The first kappa shape index (κ1) is 13.1. The maximum atomic E-state index is 10.7. The summed E-state index contributed by atoms with van der Waals surface area (Å²) in [5.41, 5.74) is 0. The van der Waals surface area contributed by atoms with Crippen molar-refractivity contribution in [3.63, 3.8) is 0 Å². The molecule has 12 heavy (non-hydrogen) atoms. The molecule has 1 aliphatic rings. The minimum absolute atomic E-state index is 0. The average Bonchev–Trinajstić information content (AvgIpc) is 1.84. The standard InChI is InChI=1S/C8H16O2S.Na.H/c9-11(10)8-6-4-2-1-3-5-7-8;;/h8H,1-7H2,(H,9,10);;. The first-order chi connectivity index (χ1) is 5.30. The Morgan fingerprint density at radius 2 is 1.42 bits per heavy atom. The van der Waals surface area contributed by atoms with E-state index < -0.39 is 11.1 Å². The van der Waals surface area contributed by atoms with Gasteiger partial charge in [-0.3, -0.25) is 0 Å². The van der Waals surface area contributed by atoms with E-state index in [9.17, 15) is 4.21 Å². The quantitative estimate of drug-likeness (QED) is 0.516. The second kappa shape index (κ2) is 7.51. The molecule has 0 aliphatic heterocycles. The zero-order valence-electron chi connectivity index (χ0n) is 6.79. The van der Waals surface area contributed by atoms with Crippen LogP contribution in [0.1, 0.15) is 44.9 Å². The average molecular weight is 200 g/mol. The van der Waals surface area contributed by atoms with Crippen molar-refractivity contribution in [2.75, 3.05) is 0 Å². The van der Waals surface area contributed by atoms with Gasteiger partial charge in [-0.25, -0.2) is 4.21 Å². The number of hydrogen-bond donors (Lipinski definition) is 1. The summed E-state index contributed by atoms with van der Waals surface area (Å²) in [6.45, 7) is 0. The molecule has 1 atom stereocenters. The van der Waals surface area contributed by atoms with Gasteiger partial charge in [0.05, 0.1) is 5.25 Å². The molecule has 1 fully saturated rings. The molecule has 0 aromatic rings. The first-order valence-electron chi connectivity index (χ1n) is 4.40. The summed E-state index contributed by atoms with van der Waals surface area (Å²) in [5.74, 6) is 0. The van der Waals surface area contributed by atoms with Gasteiger partial charge in [-0.15, -0.1) is 0 Å². The summed E-state index contributed by atoms with van der Waals surface area (Å²) in [6.07, 6.45) is 7.96. The molecule has 0 radical (unpaired) electrons. The fraction of sp³-hybridized carbons (Fsp3) is 1.00. The van der Waals surface area contributed by atoms with Crippen LogP contribution in [0.4, 0.5) is 0 Å². The van der Waals surface area contributed by atoms with Gasteiger partial charge in [0.15, 0.2) is 11.1 Å². The van der Waals surface area contributed by atoms with Gasteiger partial charge in [-0.05, 0) is 12.8 Å². The summed E-state index contributed by atoms with van der Waals surface area (Å²) in [6, 6.07) is 0. The normalized spacial score (nSPS) is 23.4. The van der Waals surface area contributed by atoms with Crippen molar-refractivity contribution in [3.05, 3.63) is 0 Å². The van der Waals surface area contributed by atoms with Crippen molar-refractivity contribution < 1.29 is 8.76 Å². The molecule has 68 valence electrons. The zero-order valence-corrected chi connectivity index (χ0v) is 7.61. The third kappa shape index (κ3) is 4.97. The molecule has 2 nitrogen and oxygen atoms in total. The first-order valence-corrected chi connectivity index (χ1v) is 5.57. The second-order valence-corrected chi connectivity index (χ2v) is 4.46. The third-order valence-electron chi connectivity index (χ3n) is 2.34. The number of hydrogen-bond acceptors (Lipinski definition) is 1. The van der Waals surface area contributed by atoms with Crippen LogP contribution in [-0.2, 0) is 11.1 Å². The van der Waals surface area contributed by atoms with E-state index in [-0.39, 0.29) is 34.8 Å². The van der Waals surface area contributed by atoms with Crippen LogP contribution in [-0.4, -0.2) is 43.6 Å². The Balaban J connectivity index is 0.00000121. The summed E-state index contributed by atoms with van der Waals surface area (Å²) in [4.78, 5) is 0. The van der Waals surface area contributed by atoms with Gasteiger partial charge in [-0.2, -0.15) is 0 Å². The van der Waals surface area contributed by atoms with Gasteiger partial charge in [0.25, 0.3) is 0 Å². The topological polar surface area (TPSA) is 37.3 Å². The summed E-state index contributed by atoms with van der Waals surface area (Å²) >= 11 is -1.57.